The summed E-state index contributed by atoms with van der Waals surface area (Å²) in [5, 5.41) is 0. The molecule has 1 amide bonds. The Morgan fingerprint density at radius 3 is 2.14 bits per heavy atom. The molecule has 2 saturated heterocycles. The predicted octanol–water partition coefficient (Wildman–Crippen LogP) is 2.14. The van der Waals surface area contributed by atoms with Crippen LogP contribution in [0.2, 0.25) is 0 Å². The Morgan fingerprint density at radius 1 is 0.897 bits per heavy atom. The molecule has 0 radical (unpaired) electrons. The number of aromatic nitrogens is 1. The van der Waals surface area contributed by atoms with Crippen LogP contribution in [0.15, 0.2) is 47.5 Å². The zero-order valence-corrected chi connectivity index (χ0v) is 17.4. The van der Waals surface area contributed by atoms with E-state index in [1.54, 1.807) is 12.1 Å². The minimum atomic E-state index is -3.44. The van der Waals surface area contributed by atoms with Gasteiger partial charge in [-0.3, -0.25) is 4.79 Å². The molecule has 0 N–H and O–H groups in total. The van der Waals surface area contributed by atoms with Crippen LogP contribution >= 0.6 is 0 Å². The number of nitrogens with zero attached hydrogens (tertiary/aromatic N) is 4. The average Bonchev–Trinajstić information content (AvgIpc) is 3.30. The normalized spacial score (nSPS) is 18.2. The first kappa shape index (κ1) is 19.8. The van der Waals surface area contributed by atoms with Gasteiger partial charge in [-0.05, 0) is 44.0 Å². The van der Waals surface area contributed by atoms with E-state index < -0.39 is 10.0 Å². The van der Waals surface area contributed by atoms with Crippen molar-refractivity contribution in [1.29, 1.82) is 0 Å². The van der Waals surface area contributed by atoms with Gasteiger partial charge < -0.3 is 9.80 Å². The van der Waals surface area contributed by atoms with Gasteiger partial charge in [0.1, 0.15) is 10.7 Å². The zero-order chi connectivity index (χ0) is 20.4. The largest absolute Gasteiger partial charge is 0.353 e. The van der Waals surface area contributed by atoms with Crippen molar-refractivity contribution in [3.05, 3.63) is 53.7 Å². The highest BCUT2D eigenvalue weighted by Crippen LogP contribution is 2.22. The second-order valence-corrected chi connectivity index (χ2v) is 9.55. The molecule has 2 aromatic rings. The maximum Gasteiger partial charge on any atom is 0.253 e. The molecule has 8 heteroatoms. The molecule has 0 atom stereocenters. The minimum Gasteiger partial charge on any atom is -0.353 e. The number of sulfonamides is 1. The van der Waals surface area contributed by atoms with Crippen molar-refractivity contribution in [2.75, 3.05) is 44.2 Å². The molecule has 2 fully saturated rings. The van der Waals surface area contributed by atoms with Gasteiger partial charge in [-0.1, -0.05) is 17.7 Å². The molecule has 1 aromatic heterocycles. The van der Waals surface area contributed by atoms with Crippen LogP contribution in [0.5, 0.6) is 0 Å². The third-order valence-corrected chi connectivity index (χ3v) is 7.50. The van der Waals surface area contributed by atoms with Crippen molar-refractivity contribution >= 4 is 21.7 Å². The first-order valence-electron chi connectivity index (χ1n) is 10.0. The van der Waals surface area contributed by atoms with Crippen LogP contribution in [-0.2, 0) is 10.0 Å². The number of hydrogen-bond acceptors (Lipinski definition) is 5. The summed E-state index contributed by atoms with van der Waals surface area (Å²) in [7, 11) is -3.44. The Labute approximate surface area is 172 Å². The number of pyridine rings is 1. The highest BCUT2D eigenvalue weighted by atomic mass is 32.2. The van der Waals surface area contributed by atoms with Gasteiger partial charge in [0.25, 0.3) is 5.91 Å². The quantitative estimate of drug-likeness (QED) is 0.766. The van der Waals surface area contributed by atoms with Gasteiger partial charge in [-0.25, -0.2) is 13.4 Å². The summed E-state index contributed by atoms with van der Waals surface area (Å²) in [5.74, 6) is 0.789. The fraction of sp³-hybridized carbons (Fsp3) is 0.429. The fourth-order valence-corrected chi connectivity index (χ4v) is 5.27. The van der Waals surface area contributed by atoms with E-state index in [-0.39, 0.29) is 10.8 Å². The molecule has 29 heavy (non-hydrogen) atoms. The number of amides is 1. The number of rotatable bonds is 4. The van der Waals surface area contributed by atoms with Crippen LogP contribution in [0.4, 0.5) is 5.82 Å². The van der Waals surface area contributed by atoms with E-state index >= 15 is 0 Å². The zero-order valence-electron chi connectivity index (χ0n) is 16.6. The number of aryl methyl sites for hydroxylation is 1. The van der Waals surface area contributed by atoms with Crippen LogP contribution in [0, 0.1) is 6.92 Å². The van der Waals surface area contributed by atoms with Crippen molar-refractivity contribution < 1.29 is 13.2 Å². The Hall–Kier alpha value is -2.45. The number of anilines is 1. The highest BCUT2D eigenvalue weighted by Gasteiger charge is 2.28. The van der Waals surface area contributed by atoms with Crippen molar-refractivity contribution in [3.8, 4) is 0 Å². The van der Waals surface area contributed by atoms with Crippen molar-refractivity contribution in [2.24, 2.45) is 0 Å². The van der Waals surface area contributed by atoms with E-state index in [1.165, 1.54) is 10.5 Å². The lowest BCUT2D eigenvalue weighted by Crippen LogP contribution is -2.49. The summed E-state index contributed by atoms with van der Waals surface area (Å²) in [5.41, 5.74) is 1.84. The summed E-state index contributed by atoms with van der Waals surface area (Å²) in [4.78, 5) is 21.2. The average molecular weight is 415 g/mol. The molecule has 2 aliphatic heterocycles. The molecule has 3 heterocycles. The third-order valence-electron chi connectivity index (χ3n) is 5.61. The van der Waals surface area contributed by atoms with E-state index in [9.17, 15) is 13.2 Å². The molecule has 1 aromatic carbocycles. The van der Waals surface area contributed by atoms with Crippen molar-refractivity contribution in [2.45, 2.75) is 24.7 Å². The molecule has 0 unspecified atom stereocenters. The molecule has 4 rings (SSSR count). The molecule has 7 nitrogen and oxygen atoms in total. The molecule has 2 aliphatic rings. The van der Waals surface area contributed by atoms with E-state index in [4.69, 9.17) is 0 Å². The van der Waals surface area contributed by atoms with Gasteiger partial charge in [-0.15, -0.1) is 0 Å². The van der Waals surface area contributed by atoms with Gasteiger partial charge in [0.05, 0.1) is 0 Å². The van der Waals surface area contributed by atoms with E-state index in [2.05, 4.69) is 9.88 Å². The summed E-state index contributed by atoms with van der Waals surface area (Å²) >= 11 is 0. The fourth-order valence-electron chi connectivity index (χ4n) is 3.81. The first-order chi connectivity index (χ1) is 13.9. The van der Waals surface area contributed by atoms with Crippen LogP contribution < -0.4 is 4.90 Å². The Balaban J connectivity index is 1.38. The predicted molar refractivity (Wildman–Crippen MR) is 112 cm³/mol. The van der Waals surface area contributed by atoms with Gasteiger partial charge >= 0.3 is 0 Å². The van der Waals surface area contributed by atoms with Crippen LogP contribution in [0.1, 0.15) is 28.8 Å². The number of carbonyl (C=O) groups excluding carboxylic acids is 1. The molecule has 0 aliphatic carbocycles. The maximum absolute atomic E-state index is 12.7. The Kier molecular flexibility index (Phi) is 5.56. The summed E-state index contributed by atoms with van der Waals surface area (Å²) < 4.78 is 26.8. The maximum atomic E-state index is 12.7. The van der Waals surface area contributed by atoms with E-state index in [0.717, 1.165) is 24.2 Å². The summed E-state index contributed by atoms with van der Waals surface area (Å²) in [6.45, 7) is 5.74. The van der Waals surface area contributed by atoms with Gasteiger partial charge in [-0.2, -0.15) is 4.31 Å². The number of carbonyl (C=O) groups is 1. The topological polar surface area (TPSA) is 73.8 Å². The van der Waals surface area contributed by atoms with Crippen LogP contribution in [0.3, 0.4) is 0 Å². The lowest BCUT2D eigenvalue weighted by atomic mass is 10.1. The van der Waals surface area contributed by atoms with Crippen molar-refractivity contribution in [1.82, 2.24) is 14.2 Å². The number of benzene rings is 1. The molecule has 0 saturated carbocycles. The summed E-state index contributed by atoms with van der Waals surface area (Å²) in [6, 6.07) is 11.0. The molecule has 0 bridgehead atoms. The van der Waals surface area contributed by atoms with Crippen LogP contribution in [0.25, 0.3) is 0 Å². The standard InChI is InChI=1S/C21H26N4O3S/c1-17-4-6-18(7-5-17)21(26)24-14-12-23(13-15-24)20-9-8-19(16-22-20)29(27,28)25-10-2-3-11-25/h4-9,16H,2-3,10-15H2,1H3. The smallest absolute Gasteiger partial charge is 0.253 e. The molecule has 0 spiro atoms. The molecular weight excluding hydrogens is 388 g/mol. The monoisotopic (exact) mass is 414 g/mol. The van der Waals surface area contributed by atoms with Crippen molar-refractivity contribution in [3.63, 3.8) is 0 Å². The Bertz CT molecular complexity index is 960. The number of hydrogen-bond donors (Lipinski definition) is 0. The molecule has 154 valence electrons. The van der Waals surface area contributed by atoms with Gasteiger partial charge in [0.2, 0.25) is 10.0 Å². The van der Waals surface area contributed by atoms with Crippen LogP contribution in [-0.4, -0.2) is 67.8 Å². The highest BCUT2D eigenvalue weighted by molar-refractivity contribution is 7.89. The van der Waals surface area contributed by atoms with E-state index in [1.807, 2.05) is 36.1 Å². The lowest BCUT2D eigenvalue weighted by Gasteiger charge is -2.35. The first-order valence-corrected chi connectivity index (χ1v) is 11.5. The second-order valence-electron chi connectivity index (χ2n) is 7.61. The molecular formula is C21H26N4O3S. The SMILES string of the molecule is Cc1ccc(C(=O)N2CCN(c3ccc(S(=O)(=O)N4CCCC4)cn3)CC2)cc1. The third kappa shape index (κ3) is 4.13. The minimum absolute atomic E-state index is 0.0460. The number of piperazine rings is 1. The lowest BCUT2D eigenvalue weighted by molar-refractivity contribution is 0.0746. The second kappa shape index (κ2) is 8.12. The Morgan fingerprint density at radius 2 is 1.55 bits per heavy atom. The van der Waals surface area contributed by atoms with Gasteiger partial charge in [0.15, 0.2) is 0 Å². The van der Waals surface area contributed by atoms with Gasteiger partial charge in [0, 0.05) is 51.0 Å². The van der Waals surface area contributed by atoms with E-state index in [0.29, 0.717) is 44.8 Å². The summed E-state index contributed by atoms with van der Waals surface area (Å²) in [6.07, 6.45) is 3.28.